The number of carbonyl (C=O) groups excluding carboxylic acids is 1. The van der Waals surface area contributed by atoms with Gasteiger partial charge in [0, 0.05) is 23.7 Å². The van der Waals surface area contributed by atoms with Gasteiger partial charge in [-0.15, -0.1) is 11.8 Å². The number of carbonyl (C=O) groups is 1. The van der Waals surface area contributed by atoms with Crippen LogP contribution in [0.25, 0.3) is 0 Å². The third-order valence-corrected chi connectivity index (χ3v) is 5.96. The molecule has 1 aliphatic heterocycles. The molecule has 0 spiro atoms. The first kappa shape index (κ1) is 21.7. The first-order chi connectivity index (χ1) is 12.8. The van der Waals surface area contributed by atoms with Crippen LogP contribution < -0.4 is 9.67 Å². The van der Waals surface area contributed by atoms with Gasteiger partial charge in [0.15, 0.2) is 0 Å². The van der Waals surface area contributed by atoms with E-state index in [1.165, 1.54) is 20.1 Å². The standard InChI is InChI=1S/C17H21ClFN3O3S2/c1-11(19)8-13(18)14(26-10-15(23)25-3)9-12(2)20-16-21-6-4-5-7-22(21)17(24)27-16/h8-9H,4-7,10H2,1-3H3/b11-8+,12-9+,14-13-,20-16?. The van der Waals surface area contributed by atoms with E-state index in [1.807, 2.05) is 4.68 Å². The lowest BCUT2D eigenvalue weighted by atomic mass is 10.3. The Bertz CT molecular complexity index is 921. The summed E-state index contributed by atoms with van der Waals surface area (Å²) in [6.07, 6.45) is 4.82. The van der Waals surface area contributed by atoms with E-state index in [2.05, 4.69) is 9.73 Å². The van der Waals surface area contributed by atoms with Crippen LogP contribution in [0.1, 0.15) is 26.7 Å². The molecule has 27 heavy (non-hydrogen) atoms. The fraction of sp³-hybridized carbons (Fsp3) is 0.471. The lowest BCUT2D eigenvalue weighted by Crippen LogP contribution is -2.31. The van der Waals surface area contributed by atoms with E-state index >= 15 is 0 Å². The first-order valence-electron chi connectivity index (χ1n) is 8.28. The van der Waals surface area contributed by atoms with Gasteiger partial charge >= 0.3 is 10.8 Å². The van der Waals surface area contributed by atoms with Gasteiger partial charge < -0.3 is 4.74 Å². The maximum Gasteiger partial charge on any atom is 0.325 e. The number of allylic oxidation sites excluding steroid dienone is 5. The lowest BCUT2D eigenvalue weighted by molar-refractivity contribution is -0.137. The molecule has 6 nitrogen and oxygen atoms in total. The number of methoxy groups -OCH3 is 1. The summed E-state index contributed by atoms with van der Waals surface area (Å²) >= 11 is 8.40. The van der Waals surface area contributed by atoms with Crippen molar-refractivity contribution in [2.75, 3.05) is 12.9 Å². The number of halogens is 2. The molecule has 1 aromatic rings. The van der Waals surface area contributed by atoms with Crippen molar-refractivity contribution < 1.29 is 13.9 Å². The highest BCUT2D eigenvalue weighted by Gasteiger charge is 2.13. The second-order valence-corrected chi connectivity index (χ2v) is 8.15. The smallest absolute Gasteiger partial charge is 0.325 e. The highest BCUT2D eigenvalue weighted by atomic mass is 35.5. The van der Waals surface area contributed by atoms with Crippen molar-refractivity contribution in [3.8, 4) is 0 Å². The molecule has 0 aliphatic carbocycles. The zero-order valence-corrected chi connectivity index (χ0v) is 17.7. The summed E-state index contributed by atoms with van der Waals surface area (Å²) in [4.78, 5) is 29.1. The monoisotopic (exact) mass is 433 g/mol. The molecule has 2 rings (SSSR count). The molecule has 0 N–H and O–H groups in total. The number of ether oxygens (including phenoxy) is 1. The van der Waals surface area contributed by atoms with Crippen molar-refractivity contribution in [2.45, 2.75) is 39.8 Å². The Hall–Kier alpha value is -1.58. The van der Waals surface area contributed by atoms with Gasteiger partial charge in [0.2, 0.25) is 4.80 Å². The van der Waals surface area contributed by atoms with E-state index in [1.54, 1.807) is 17.7 Å². The highest BCUT2D eigenvalue weighted by molar-refractivity contribution is 8.03. The van der Waals surface area contributed by atoms with Crippen LogP contribution in [0.15, 0.2) is 43.4 Å². The number of aromatic nitrogens is 2. The molecule has 0 unspecified atom stereocenters. The van der Waals surface area contributed by atoms with Crippen molar-refractivity contribution in [2.24, 2.45) is 4.99 Å². The van der Waals surface area contributed by atoms with E-state index in [9.17, 15) is 14.0 Å². The van der Waals surface area contributed by atoms with E-state index in [0.717, 1.165) is 42.5 Å². The molecule has 0 radical (unpaired) electrons. The Kier molecular flexibility index (Phi) is 8.12. The summed E-state index contributed by atoms with van der Waals surface area (Å²) in [6.45, 7) is 4.49. The third-order valence-electron chi connectivity index (χ3n) is 3.64. The molecule has 0 fully saturated rings. The van der Waals surface area contributed by atoms with E-state index in [-0.39, 0.29) is 15.7 Å². The number of thioether (sulfide) groups is 1. The van der Waals surface area contributed by atoms with Crippen molar-refractivity contribution in [3.05, 3.63) is 48.1 Å². The minimum absolute atomic E-state index is 0.0360. The number of fused-ring (bicyclic) bond motifs is 1. The molecular weight excluding hydrogens is 413 g/mol. The Labute approximate surface area is 169 Å². The van der Waals surface area contributed by atoms with Gasteiger partial charge in [0.05, 0.1) is 23.7 Å². The predicted molar refractivity (Wildman–Crippen MR) is 107 cm³/mol. The summed E-state index contributed by atoms with van der Waals surface area (Å²) < 4.78 is 21.4. The first-order valence-corrected chi connectivity index (χ1v) is 10.5. The Morgan fingerprint density at radius 3 is 2.63 bits per heavy atom. The van der Waals surface area contributed by atoms with Gasteiger partial charge in [-0.05, 0) is 50.2 Å². The summed E-state index contributed by atoms with van der Waals surface area (Å²) in [5.74, 6) is -0.829. The molecule has 10 heteroatoms. The van der Waals surface area contributed by atoms with Gasteiger partial charge in [-0.1, -0.05) is 11.6 Å². The normalized spacial score (nSPS) is 16.9. The zero-order valence-electron chi connectivity index (χ0n) is 15.3. The molecule has 2 heterocycles. The van der Waals surface area contributed by atoms with Crippen LogP contribution in [-0.4, -0.2) is 28.2 Å². The van der Waals surface area contributed by atoms with Crippen LogP contribution in [0.2, 0.25) is 0 Å². The third kappa shape index (κ3) is 6.22. The van der Waals surface area contributed by atoms with Crippen LogP contribution in [0, 0.1) is 0 Å². The molecule has 1 aliphatic rings. The van der Waals surface area contributed by atoms with Gasteiger partial charge in [-0.3, -0.25) is 14.3 Å². The number of nitrogens with zero attached hydrogens (tertiary/aromatic N) is 3. The summed E-state index contributed by atoms with van der Waals surface area (Å²) in [7, 11) is 1.30. The molecule has 0 aromatic carbocycles. The topological polar surface area (TPSA) is 65.6 Å². The minimum Gasteiger partial charge on any atom is -0.468 e. The second kappa shape index (κ2) is 10.1. The fourth-order valence-corrected chi connectivity index (χ4v) is 4.56. The number of rotatable bonds is 6. The van der Waals surface area contributed by atoms with Crippen LogP contribution in [0.4, 0.5) is 4.39 Å². The lowest BCUT2D eigenvalue weighted by Gasteiger charge is -2.15. The van der Waals surface area contributed by atoms with E-state index in [0.29, 0.717) is 21.9 Å². The molecule has 0 amide bonds. The summed E-state index contributed by atoms with van der Waals surface area (Å²) in [5.41, 5.74) is 0.591. The molecular formula is C17H21ClFN3O3S2. The van der Waals surface area contributed by atoms with E-state index in [4.69, 9.17) is 11.6 Å². The van der Waals surface area contributed by atoms with Crippen molar-refractivity contribution in [3.63, 3.8) is 0 Å². The van der Waals surface area contributed by atoms with Crippen LogP contribution in [0.3, 0.4) is 0 Å². The molecule has 0 saturated carbocycles. The van der Waals surface area contributed by atoms with Crippen molar-refractivity contribution in [1.82, 2.24) is 9.36 Å². The average molecular weight is 434 g/mol. The predicted octanol–water partition coefficient (Wildman–Crippen LogP) is 3.54. The Balaban J connectivity index is 2.40. The minimum atomic E-state index is -0.450. The van der Waals surface area contributed by atoms with Crippen LogP contribution in [0.5, 0.6) is 0 Å². The van der Waals surface area contributed by atoms with Crippen molar-refractivity contribution >= 4 is 40.7 Å². The average Bonchev–Trinajstić information content (AvgIpc) is 2.93. The van der Waals surface area contributed by atoms with Gasteiger partial charge in [-0.25, -0.2) is 14.1 Å². The molecule has 0 saturated heterocycles. The Morgan fingerprint density at radius 2 is 2.00 bits per heavy atom. The fourth-order valence-electron chi connectivity index (χ4n) is 2.41. The number of hydrogen-bond donors (Lipinski definition) is 0. The number of hydrogen-bond acceptors (Lipinski definition) is 6. The quantitative estimate of drug-likeness (QED) is 0.508. The molecule has 0 bridgehead atoms. The van der Waals surface area contributed by atoms with Gasteiger partial charge in [-0.2, -0.15) is 0 Å². The van der Waals surface area contributed by atoms with Gasteiger partial charge in [0.1, 0.15) is 0 Å². The molecule has 148 valence electrons. The van der Waals surface area contributed by atoms with Crippen LogP contribution >= 0.6 is 34.7 Å². The Morgan fingerprint density at radius 1 is 1.33 bits per heavy atom. The maximum atomic E-state index is 13.2. The van der Waals surface area contributed by atoms with Crippen molar-refractivity contribution in [1.29, 1.82) is 0 Å². The van der Waals surface area contributed by atoms with Gasteiger partial charge in [0.25, 0.3) is 0 Å². The largest absolute Gasteiger partial charge is 0.468 e. The highest BCUT2D eigenvalue weighted by Crippen LogP contribution is 2.27. The zero-order chi connectivity index (χ0) is 20.0. The molecule has 1 aromatic heterocycles. The summed E-state index contributed by atoms with van der Waals surface area (Å²) in [6, 6.07) is 0. The SMILES string of the molecule is COC(=O)CSC(/C=C(\C)N=c1sc(=O)n2n1CCCC2)=C(Cl)/C=C(\C)F. The maximum absolute atomic E-state index is 13.2. The van der Waals surface area contributed by atoms with E-state index < -0.39 is 11.8 Å². The summed E-state index contributed by atoms with van der Waals surface area (Å²) in [5, 5.41) is 0.165. The number of esters is 1. The molecule has 0 atom stereocenters. The van der Waals surface area contributed by atoms with Crippen LogP contribution in [-0.2, 0) is 22.6 Å². The second-order valence-electron chi connectivity index (χ2n) is 5.81.